The molecule has 80 valence electrons. The van der Waals surface area contributed by atoms with Gasteiger partial charge in [0.05, 0.1) is 0 Å². The normalized spacial score (nSPS) is 23.0. The molecule has 1 rings (SSSR count). The van der Waals surface area contributed by atoms with Crippen LogP contribution in [0.1, 0.15) is 19.8 Å². The molecule has 0 saturated carbocycles. The molecular formula is C8H14N2O3S. The van der Waals surface area contributed by atoms with Crippen LogP contribution in [0.4, 0.5) is 4.79 Å². The van der Waals surface area contributed by atoms with Crippen molar-refractivity contribution in [1.82, 2.24) is 10.6 Å². The van der Waals surface area contributed by atoms with Crippen molar-refractivity contribution in [1.29, 1.82) is 0 Å². The molecule has 3 N–H and O–H groups in total. The van der Waals surface area contributed by atoms with Crippen LogP contribution in [0.25, 0.3) is 0 Å². The highest BCUT2D eigenvalue weighted by Crippen LogP contribution is 2.12. The molecule has 0 aromatic carbocycles. The second kappa shape index (κ2) is 5.21. The molecule has 1 unspecified atom stereocenters. The topological polar surface area (TPSA) is 78.4 Å². The standard InChI is InChI=1S/C8H14N2O3S/c1-2-3-6(11)10-7(12)5-4-14-8(13)9-5/h5-6,11H,2-4H2,1H3,(H,9,13)(H,10,12)/t5-,6?/m0/s1. The van der Waals surface area contributed by atoms with E-state index in [1.165, 1.54) is 0 Å². The summed E-state index contributed by atoms with van der Waals surface area (Å²) >= 11 is 1.08. The highest BCUT2D eigenvalue weighted by molar-refractivity contribution is 8.14. The van der Waals surface area contributed by atoms with Gasteiger partial charge in [-0.3, -0.25) is 9.59 Å². The smallest absolute Gasteiger partial charge is 0.279 e. The fraction of sp³-hybridized carbons (Fsp3) is 0.750. The van der Waals surface area contributed by atoms with Crippen molar-refractivity contribution in [2.24, 2.45) is 0 Å². The van der Waals surface area contributed by atoms with Gasteiger partial charge in [-0.2, -0.15) is 0 Å². The van der Waals surface area contributed by atoms with Crippen LogP contribution < -0.4 is 10.6 Å². The predicted molar refractivity (Wildman–Crippen MR) is 53.8 cm³/mol. The molecule has 6 heteroatoms. The van der Waals surface area contributed by atoms with E-state index in [1.807, 2.05) is 6.92 Å². The monoisotopic (exact) mass is 218 g/mol. The van der Waals surface area contributed by atoms with Crippen LogP contribution in [0.15, 0.2) is 0 Å². The summed E-state index contributed by atoms with van der Waals surface area (Å²) in [5.41, 5.74) is 0. The molecule has 5 nitrogen and oxygen atoms in total. The van der Waals surface area contributed by atoms with Gasteiger partial charge in [0.2, 0.25) is 5.91 Å². The Labute approximate surface area is 86.6 Å². The molecule has 0 bridgehead atoms. The third kappa shape index (κ3) is 3.19. The van der Waals surface area contributed by atoms with Crippen LogP contribution in [-0.4, -0.2) is 34.3 Å². The maximum absolute atomic E-state index is 11.4. The lowest BCUT2D eigenvalue weighted by molar-refractivity contribution is -0.125. The van der Waals surface area contributed by atoms with Crippen LogP contribution in [-0.2, 0) is 4.79 Å². The van der Waals surface area contributed by atoms with E-state index in [0.29, 0.717) is 12.2 Å². The number of amides is 2. The zero-order chi connectivity index (χ0) is 10.6. The molecule has 1 heterocycles. The predicted octanol–water partition coefficient (Wildman–Crippen LogP) is 0.0461. The van der Waals surface area contributed by atoms with E-state index in [-0.39, 0.29) is 11.1 Å². The Hall–Kier alpha value is -0.750. The molecule has 2 amide bonds. The highest BCUT2D eigenvalue weighted by atomic mass is 32.2. The van der Waals surface area contributed by atoms with Gasteiger partial charge in [0.25, 0.3) is 5.24 Å². The van der Waals surface area contributed by atoms with E-state index in [9.17, 15) is 14.7 Å². The lowest BCUT2D eigenvalue weighted by Crippen LogP contribution is -2.46. The van der Waals surface area contributed by atoms with Gasteiger partial charge in [-0.1, -0.05) is 25.1 Å². The van der Waals surface area contributed by atoms with Crippen molar-refractivity contribution in [3.8, 4) is 0 Å². The molecule has 1 aliphatic heterocycles. The van der Waals surface area contributed by atoms with E-state index >= 15 is 0 Å². The van der Waals surface area contributed by atoms with Crippen LogP contribution >= 0.6 is 11.8 Å². The van der Waals surface area contributed by atoms with Gasteiger partial charge in [-0.15, -0.1) is 0 Å². The number of hydrogen-bond acceptors (Lipinski definition) is 4. The Morgan fingerprint density at radius 3 is 3.07 bits per heavy atom. The third-order valence-electron chi connectivity index (χ3n) is 1.86. The van der Waals surface area contributed by atoms with Crippen molar-refractivity contribution in [3.05, 3.63) is 0 Å². The number of carbonyl (C=O) groups excluding carboxylic acids is 2. The molecule has 0 spiro atoms. The second-order valence-corrected chi connectivity index (χ2v) is 4.10. The number of nitrogens with one attached hydrogen (secondary N) is 2. The molecule has 14 heavy (non-hydrogen) atoms. The summed E-state index contributed by atoms with van der Waals surface area (Å²) in [5, 5.41) is 14.0. The van der Waals surface area contributed by atoms with E-state index in [2.05, 4.69) is 10.6 Å². The lowest BCUT2D eigenvalue weighted by Gasteiger charge is -2.14. The van der Waals surface area contributed by atoms with Gasteiger partial charge in [-0.05, 0) is 6.42 Å². The van der Waals surface area contributed by atoms with Gasteiger partial charge in [-0.25, -0.2) is 0 Å². The SMILES string of the molecule is CCCC(O)NC(=O)[C@@H]1CSC(=O)N1. The summed E-state index contributed by atoms with van der Waals surface area (Å²) in [4.78, 5) is 22.2. The fourth-order valence-corrected chi connectivity index (χ4v) is 1.91. The first-order valence-corrected chi connectivity index (χ1v) is 5.53. The maximum atomic E-state index is 11.4. The minimum absolute atomic E-state index is 0.185. The Morgan fingerprint density at radius 2 is 2.57 bits per heavy atom. The number of rotatable bonds is 4. The van der Waals surface area contributed by atoms with Crippen molar-refractivity contribution in [3.63, 3.8) is 0 Å². The van der Waals surface area contributed by atoms with Crippen LogP contribution in [0.2, 0.25) is 0 Å². The number of aliphatic hydroxyl groups excluding tert-OH is 1. The molecule has 0 aromatic heterocycles. The minimum atomic E-state index is -0.810. The van der Waals surface area contributed by atoms with E-state index < -0.39 is 12.3 Å². The molecule has 1 fully saturated rings. The summed E-state index contributed by atoms with van der Waals surface area (Å²) in [6.07, 6.45) is 0.516. The molecule has 0 aliphatic carbocycles. The molecular weight excluding hydrogens is 204 g/mol. The van der Waals surface area contributed by atoms with Crippen LogP contribution in [0.3, 0.4) is 0 Å². The van der Waals surface area contributed by atoms with Crippen molar-refractivity contribution in [2.45, 2.75) is 32.0 Å². The van der Waals surface area contributed by atoms with Crippen molar-refractivity contribution in [2.75, 3.05) is 5.75 Å². The first-order chi connectivity index (χ1) is 6.63. The van der Waals surface area contributed by atoms with Gasteiger partial charge in [0, 0.05) is 5.75 Å². The van der Waals surface area contributed by atoms with E-state index in [4.69, 9.17) is 0 Å². The van der Waals surface area contributed by atoms with E-state index in [0.717, 1.165) is 18.2 Å². The zero-order valence-electron chi connectivity index (χ0n) is 7.95. The first kappa shape index (κ1) is 11.3. The number of hydrogen-bond donors (Lipinski definition) is 3. The Bertz CT molecular complexity index is 235. The summed E-state index contributed by atoms with van der Waals surface area (Å²) in [6.45, 7) is 1.92. The molecule has 2 atom stereocenters. The fourth-order valence-electron chi connectivity index (χ4n) is 1.14. The number of thioether (sulfide) groups is 1. The lowest BCUT2D eigenvalue weighted by atomic mass is 10.2. The van der Waals surface area contributed by atoms with Crippen LogP contribution in [0, 0.1) is 0 Å². The quantitative estimate of drug-likeness (QED) is 0.582. The second-order valence-electron chi connectivity index (χ2n) is 3.11. The Balaban J connectivity index is 2.31. The largest absolute Gasteiger partial charge is 0.374 e. The molecule has 0 radical (unpaired) electrons. The average molecular weight is 218 g/mol. The summed E-state index contributed by atoms with van der Waals surface area (Å²) < 4.78 is 0. The maximum Gasteiger partial charge on any atom is 0.279 e. The summed E-state index contributed by atoms with van der Waals surface area (Å²) in [6, 6.07) is -0.501. The van der Waals surface area contributed by atoms with Crippen molar-refractivity contribution >= 4 is 22.9 Å². The Morgan fingerprint density at radius 1 is 1.86 bits per heavy atom. The summed E-state index contributed by atoms with van der Waals surface area (Å²) in [5.74, 6) is 0.119. The van der Waals surface area contributed by atoms with Crippen molar-refractivity contribution < 1.29 is 14.7 Å². The highest BCUT2D eigenvalue weighted by Gasteiger charge is 2.28. The minimum Gasteiger partial charge on any atom is -0.374 e. The number of carbonyl (C=O) groups is 2. The molecule has 0 aromatic rings. The third-order valence-corrected chi connectivity index (χ3v) is 2.74. The zero-order valence-corrected chi connectivity index (χ0v) is 8.76. The summed E-state index contributed by atoms with van der Waals surface area (Å²) in [7, 11) is 0. The van der Waals surface area contributed by atoms with Gasteiger partial charge in [0.15, 0.2) is 0 Å². The van der Waals surface area contributed by atoms with Gasteiger partial charge < -0.3 is 15.7 Å². The molecule has 1 aliphatic rings. The van der Waals surface area contributed by atoms with Gasteiger partial charge in [0.1, 0.15) is 12.3 Å². The first-order valence-electron chi connectivity index (χ1n) is 4.55. The molecule has 1 saturated heterocycles. The van der Waals surface area contributed by atoms with Crippen LogP contribution in [0.5, 0.6) is 0 Å². The Kier molecular flexibility index (Phi) is 4.21. The number of aliphatic hydroxyl groups is 1. The van der Waals surface area contributed by atoms with E-state index in [1.54, 1.807) is 0 Å². The average Bonchev–Trinajstić information content (AvgIpc) is 2.52. The van der Waals surface area contributed by atoms with Gasteiger partial charge >= 0.3 is 0 Å².